The Bertz CT molecular complexity index is 479. The zero-order valence-electron chi connectivity index (χ0n) is 8.24. The van der Waals surface area contributed by atoms with Crippen LogP contribution in [-0.4, -0.2) is 10.1 Å². The van der Waals surface area contributed by atoms with E-state index in [1.807, 2.05) is 13.0 Å². The second-order valence-corrected chi connectivity index (χ2v) is 3.35. The number of aromatic nitrogens is 1. The molecule has 2 nitrogen and oxygen atoms in total. The van der Waals surface area contributed by atoms with Crippen LogP contribution in [0.15, 0.2) is 36.5 Å². The van der Waals surface area contributed by atoms with Gasteiger partial charge in [0.25, 0.3) is 0 Å². The molecule has 2 aromatic rings. The molecule has 0 aliphatic heterocycles. The summed E-state index contributed by atoms with van der Waals surface area (Å²) in [5, 5.41) is 9.07. The molecule has 0 aliphatic carbocycles. The molecule has 1 heterocycles. The van der Waals surface area contributed by atoms with Crippen LogP contribution in [0.4, 0.5) is 4.39 Å². The lowest BCUT2D eigenvalue weighted by molar-refractivity contribution is 0.469. The summed E-state index contributed by atoms with van der Waals surface area (Å²) in [5.41, 5.74) is 2.04. The highest BCUT2D eigenvalue weighted by Gasteiger charge is 2.05. The van der Waals surface area contributed by atoms with E-state index in [-0.39, 0.29) is 5.75 Å². The van der Waals surface area contributed by atoms with Gasteiger partial charge < -0.3 is 5.11 Å². The maximum atomic E-state index is 13.4. The minimum atomic E-state index is -0.444. The molecule has 0 fully saturated rings. The van der Waals surface area contributed by atoms with Crippen LogP contribution < -0.4 is 0 Å². The fourth-order valence-electron chi connectivity index (χ4n) is 1.37. The number of aromatic hydroxyl groups is 1. The summed E-state index contributed by atoms with van der Waals surface area (Å²) in [6, 6.07) is 7.71. The Morgan fingerprint density at radius 2 is 2.00 bits per heavy atom. The predicted octanol–water partition coefficient (Wildman–Crippen LogP) is 2.90. The highest BCUT2D eigenvalue weighted by atomic mass is 19.1. The van der Waals surface area contributed by atoms with Crippen LogP contribution in [0.25, 0.3) is 11.1 Å². The van der Waals surface area contributed by atoms with E-state index >= 15 is 0 Å². The molecule has 0 saturated carbocycles. The average Bonchev–Trinajstić information content (AvgIpc) is 2.20. The molecule has 0 radical (unpaired) electrons. The highest BCUT2D eigenvalue weighted by Crippen LogP contribution is 2.24. The number of hydrogen-bond donors (Lipinski definition) is 1. The molecule has 0 bridgehead atoms. The van der Waals surface area contributed by atoms with Crippen LogP contribution in [-0.2, 0) is 0 Å². The number of pyridine rings is 1. The van der Waals surface area contributed by atoms with Crippen molar-refractivity contribution in [2.24, 2.45) is 0 Å². The molecule has 0 spiro atoms. The van der Waals surface area contributed by atoms with Crippen molar-refractivity contribution in [2.45, 2.75) is 6.92 Å². The summed E-state index contributed by atoms with van der Waals surface area (Å²) in [4.78, 5) is 4.09. The summed E-state index contributed by atoms with van der Waals surface area (Å²) >= 11 is 0. The summed E-state index contributed by atoms with van der Waals surface area (Å²) in [6.45, 7) is 1.87. The van der Waals surface area contributed by atoms with Crippen LogP contribution in [0.2, 0.25) is 0 Å². The molecule has 1 aromatic heterocycles. The van der Waals surface area contributed by atoms with Crippen molar-refractivity contribution in [3.05, 3.63) is 48.0 Å². The number of rotatable bonds is 1. The molecule has 0 amide bonds. The Balaban J connectivity index is 2.49. The average molecular weight is 203 g/mol. The maximum Gasteiger partial charge on any atom is 0.134 e. The van der Waals surface area contributed by atoms with Gasteiger partial charge in [0.05, 0.1) is 0 Å². The first-order valence-corrected chi connectivity index (χ1v) is 4.58. The Hall–Kier alpha value is -1.90. The van der Waals surface area contributed by atoms with Crippen molar-refractivity contribution in [3.8, 4) is 16.9 Å². The lowest BCUT2D eigenvalue weighted by Gasteiger charge is -2.03. The molecular weight excluding hydrogens is 193 g/mol. The first kappa shape index (κ1) is 9.65. The van der Waals surface area contributed by atoms with E-state index in [1.54, 1.807) is 12.3 Å². The third-order valence-corrected chi connectivity index (χ3v) is 2.18. The van der Waals surface area contributed by atoms with Crippen LogP contribution >= 0.6 is 0 Å². The zero-order chi connectivity index (χ0) is 10.8. The molecular formula is C12H10FNO. The van der Waals surface area contributed by atoms with Gasteiger partial charge in [-0.2, -0.15) is 0 Å². The van der Waals surface area contributed by atoms with Gasteiger partial charge in [0.1, 0.15) is 11.6 Å². The molecule has 1 N–H and O–H groups in total. The van der Waals surface area contributed by atoms with Crippen LogP contribution in [0.5, 0.6) is 5.75 Å². The number of aryl methyl sites for hydroxylation is 1. The molecule has 0 saturated heterocycles. The first-order chi connectivity index (χ1) is 7.16. The minimum absolute atomic E-state index is 0.0729. The zero-order valence-corrected chi connectivity index (χ0v) is 8.24. The van der Waals surface area contributed by atoms with Crippen LogP contribution in [0.1, 0.15) is 5.69 Å². The van der Waals surface area contributed by atoms with E-state index in [1.165, 1.54) is 12.1 Å². The second kappa shape index (κ2) is 3.69. The van der Waals surface area contributed by atoms with E-state index in [9.17, 15) is 4.39 Å². The van der Waals surface area contributed by atoms with Crippen molar-refractivity contribution in [2.75, 3.05) is 0 Å². The number of nitrogens with zero attached hydrogens (tertiary/aromatic N) is 1. The normalized spacial score (nSPS) is 10.3. The fraction of sp³-hybridized carbons (Fsp3) is 0.0833. The van der Waals surface area contributed by atoms with Crippen molar-refractivity contribution in [1.82, 2.24) is 4.98 Å². The number of halogens is 1. The summed E-state index contributed by atoms with van der Waals surface area (Å²) in [6.07, 6.45) is 1.62. The molecule has 1 aromatic carbocycles. The summed E-state index contributed by atoms with van der Waals surface area (Å²) < 4.78 is 13.4. The lowest BCUT2D eigenvalue weighted by atomic mass is 10.1. The Morgan fingerprint density at radius 3 is 2.60 bits per heavy atom. The molecule has 0 unspecified atom stereocenters. The third-order valence-electron chi connectivity index (χ3n) is 2.18. The number of phenols is 1. The lowest BCUT2D eigenvalue weighted by Crippen LogP contribution is -1.86. The van der Waals surface area contributed by atoms with Gasteiger partial charge in [-0.15, -0.1) is 0 Å². The van der Waals surface area contributed by atoms with Gasteiger partial charge in [-0.1, -0.05) is 6.07 Å². The third kappa shape index (κ3) is 1.96. The van der Waals surface area contributed by atoms with Gasteiger partial charge in [-0.05, 0) is 25.1 Å². The molecule has 15 heavy (non-hydrogen) atoms. The standard InChI is InChI=1S/C12H10FNO/c1-8-2-3-9(7-14-8)11-5-4-10(15)6-12(11)13/h2-7,15H,1H3. The van der Waals surface area contributed by atoms with Crippen molar-refractivity contribution < 1.29 is 9.50 Å². The van der Waals surface area contributed by atoms with E-state index < -0.39 is 5.82 Å². The van der Waals surface area contributed by atoms with E-state index in [0.29, 0.717) is 11.1 Å². The van der Waals surface area contributed by atoms with Gasteiger partial charge in [0.2, 0.25) is 0 Å². The van der Waals surface area contributed by atoms with Crippen molar-refractivity contribution >= 4 is 0 Å². The highest BCUT2D eigenvalue weighted by molar-refractivity contribution is 5.64. The van der Waals surface area contributed by atoms with E-state index in [0.717, 1.165) is 11.8 Å². The first-order valence-electron chi connectivity index (χ1n) is 4.58. The van der Waals surface area contributed by atoms with Crippen LogP contribution in [0, 0.1) is 12.7 Å². The topological polar surface area (TPSA) is 33.1 Å². The van der Waals surface area contributed by atoms with Gasteiger partial charge in [0, 0.05) is 29.1 Å². The molecule has 76 valence electrons. The minimum Gasteiger partial charge on any atom is -0.508 e. The van der Waals surface area contributed by atoms with E-state index in [4.69, 9.17) is 5.11 Å². The van der Waals surface area contributed by atoms with Gasteiger partial charge in [0.15, 0.2) is 0 Å². The van der Waals surface area contributed by atoms with Gasteiger partial charge in [-0.25, -0.2) is 4.39 Å². The number of hydrogen-bond acceptors (Lipinski definition) is 2. The molecule has 2 rings (SSSR count). The maximum absolute atomic E-state index is 13.4. The van der Waals surface area contributed by atoms with Crippen molar-refractivity contribution in [3.63, 3.8) is 0 Å². The largest absolute Gasteiger partial charge is 0.508 e. The Labute approximate surface area is 87.0 Å². The SMILES string of the molecule is Cc1ccc(-c2ccc(O)cc2F)cn1. The van der Waals surface area contributed by atoms with Crippen molar-refractivity contribution in [1.29, 1.82) is 0 Å². The second-order valence-electron chi connectivity index (χ2n) is 3.35. The summed E-state index contributed by atoms with van der Waals surface area (Å²) in [7, 11) is 0. The Morgan fingerprint density at radius 1 is 1.20 bits per heavy atom. The smallest absolute Gasteiger partial charge is 0.134 e. The van der Waals surface area contributed by atoms with E-state index in [2.05, 4.69) is 4.98 Å². The monoisotopic (exact) mass is 203 g/mol. The van der Waals surface area contributed by atoms with Crippen LogP contribution in [0.3, 0.4) is 0 Å². The number of benzene rings is 1. The van der Waals surface area contributed by atoms with Gasteiger partial charge >= 0.3 is 0 Å². The number of phenolic OH excluding ortho intramolecular Hbond substituents is 1. The fourth-order valence-corrected chi connectivity index (χ4v) is 1.37. The predicted molar refractivity (Wildman–Crippen MR) is 56.0 cm³/mol. The summed E-state index contributed by atoms with van der Waals surface area (Å²) in [5.74, 6) is -0.517. The molecule has 3 heteroatoms. The van der Waals surface area contributed by atoms with Gasteiger partial charge in [-0.3, -0.25) is 4.98 Å². The molecule has 0 atom stereocenters. The molecule has 0 aliphatic rings. The quantitative estimate of drug-likeness (QED) is 0.773. The Kier molecular flexibility index (Phi) is 2.37.